The molecule has 6 heteroatoms. The molecule has 2 aliphatic carbocycles. The summed E-state index contributed by atoms with van der Waals surface area (Å²) in [6.45, 7) is 7.22. The molecule has 1 unspecified atom stereocenters. The molecule has 0 N–H and O–H groups in total. The Morgan fingerprint density at radius 1 is 0.471 bits per heavy atom. The Labute approximate surface area is 401 Å². The van der Waals surface area contributed by atoms with Crippen molar-refractivity contribution in [3.63, 3.8) is 0 Å². The van der Waals surface area contributed by atoms with Crippen molar-refractivity contribution in [2.45, 2.75) is 38.0 Å². The molecule has 0 radical (unpaired) electrons. The molecule has 0 amide bonds. The lowest BCUT2D eigenvalue weighted by atomic mass is 9.73. The van der Waals surface area contributed by atoms with Crippen LogP contribution in [0.3, 0.4) is 0 Å². The molecule has 0 saturated carbocycles. The van der Waals surface area contributed by atoms with Crippen molar-refractivity contribution in [3.05, 3.63) is 216 Å². The van der Waals surface area contributed by atoms with Crippen LogP contribution in [0.4, 0.5) is 0 Å². The van der Waals surface area contributed by atoms with E-state index in [9.17, 15) is 0 Å². The third-order valence-corrected chi connectivity index (χ3v) is 16.2. The standard InChI is InChI=1S/C64H42N4O2/c1-63(2)44-21-9-4-16-38(44)51-57(63)53-42-19-7-12-24-48(42)69-61(53)56-41-28-27-36(34-47(41)67(59(51)56)37-29-32-65-33-30-37)35-64(3)45-22-10-5-17-39(45)52-58(64)54-43-20-8-13-25-49(43)70-62(54)55-40-18-6-11-23-46(40)68(60(52)55)50-26-14-15-31-66-50/h4-34H,35H2,1-3H3. The van der Waals surface area contributed by atoms with E-state index in [0.717, 1.165) is 94.6 Å². The predicted molar refractivity (Wildman–Crippen MR) is 285 cm³/mol. The minimum Gasteiger partial charge on any atom is -0.455 e. The lowest BCUT2D eigenvalue weighted by Crippen LogP contribution is -2.24. The minimum absolute atomic E-state index is 0.274. The Balaban J connectivity index is 1.03. The summed E-state index contributed by atoms with van der Waals surface area (Å²) < 4.78 is 19.1. The third-order valence-electron chi connectivity index (χ3n) is 16.2. The van der Waals surface area contributed by atoms with Crippen LogP contribution < -0.4 is 0 Å². The van der Waals surface area contributed by atoms with Gasteiger partial charge in [-0.3, -0.25) is 9.55 Å². The molecule has 6 nitrogen and oxygen atoms in total. The SMILES string of the molecule is CC1(C)c2ccccc2-c2c1c1c3ccccc3oc1c1c3ccc(CC4(C)c5ccccc5-c5c4c4c6ccccc6oc4c4c6ccccc6n(-c6ccccn6)c54)cc3n(-c3ccncc3)c21. The largest absolute Gasteiger partial charge is 0.455 e. The smallest absolute Gasteiger partial charge is 0.145 e. The molecule has 0 saturated heterocycles. The Bertz CT molecular complexity index is 4610. The molecule has 70 heavy (non-hydrogen) atoms. The first kappa shape index (κ1) is 38.3. The zero-order valence-corrected chi connectivity index (χ0v) is 38.7. The fourth-order valence-corrected chi connectivity index (χ4v) is 13.5. The predicted octanol–water partition coefficient (Wildman–Crippen LogP) is 16.3. The Kier molecular flexibility index (Phi) is 7.25. The summed E-state index contributed by atoms with van der Waals surface area (Å²) in [4.78, 5) is 9.52. The van der Waals surface area contributed by atoms with E-state index in [2.05, 4.69) is 199 Å². The third kappa shape index (κ3) is 4.64. The lowest BCUT2D eigenvalue weighted by molar-refractivity contribution is 0.587. The number of rotatable bonds is 4. The zero-order valence-electron chi connectivity index (χ0n) is 38.7. The van der Waals surface area contributed by atoms with Crippen molar-refractivity contribution < 1.29 is 8.83 Å². The zero-order chi connectivity index (χ0) is 46.2. The molecule has 0 aliphatic heterocycles. The van der Waals surface area contributed by atoms with E-state index >= 15 is 0 Å². The number of nitrogens with zero attached hydrogens (tertiary/aromatic N) is 4. The highest BCUT2D eigenvalue weighted by Crippen LogP contribution is 2.61. The topological polar surface area (TPSA) is 61.9 Å². The lowest BCUT2D eigenvalue weighted by Gasteiger charge is -2.29. The van der Waals surface area contributed by atoms with Crippen molar-refractivity contribution in [1.29, 1.82) is 0 Å². The number of hydrogen-bond acceptors (Lipinski definition) is 4. The molecule has 2 aliphatic rings. The van der Waals surface area contributed by atoms with Gasteiger partial charge in [-0.1, -0.05) is 142 Å². The molecular weight excluding hydrogens is 857 g/mol. The van der Waals surface area contributed by atoms with Crippen LogP contribution in [0.15, 0.2) is 197 Å². The highest BCUT2D eigenvalue weighted by molar-refractivity contribution is 6.31. The van der Waals surface area contributed by atoms with Gasteiger partial charge in [0.15, 0.2) is 0 Å². The maximum absolute atomic E-state index is 7.13. The van der Waals surface area contributed by atoms with Crippen molar-refractivity contribution in [2.24, 2.45) is 0 Å². The van der Waals surface area contributed by atoms with Gasteiger partial charge in [-0.25, -0.2) is 4.98 Å². The van der Waals surface area contributed by atoms with Crippen LogP contribution in [0.5, 0.6) is 0 Å². The molecule has 330 valence electrons. The van der Waals surface area contributed by atoms with E-state index < -0.39 is 5.41 Å². The molecule has 6 aromatic heterocycles. The van der Waals surface area contributed by atoms with Crippen LogP contribution in [0.1, 0.15) is 48.6 Å². The minimum atomic E-state index is -0.478. The van der Waals surface area contributed by atoms with E-state index in [1.165, 1.54) is 60.8 Å². The van der Waals surface area contributed by atoms with Gasteiger partial charge in [0.25, 0.3) is 0 Å². The number of fused-ring (bicyclic) bond motifs is 24. The number of benzene rings is 8. The van der Waals surface area contributed by atoms with Gasteiger partial charge in [0, 0.05) is 78.6 Å². The molecule has 0 spiro atoms. The molecule has 0 bridgehead atoms. The number of furan rings is 2. The van der Waals surface area contributed by atoms with Crippen molar-refractivity contribution >= 4 is 87.5 Å². The van der Waals surface area contributed by atoms with Crippen molar-refractivity contribution in [2.75, 3.05) is 0 Å². The quantitative estimate of drug-likeness (QED) is 0.177. The van der Waals surface area contributed by atoms with Crippen LogP contribution in [0, 0.1) is 0 Å². The first-order chi connectivity index (χ1) is 34.4. The number of pyridine rings is 2. The second-order valence-electron chi connectivity index (χ2n) is 20.2. The number of para-hydroxylation sites is 3. The Morgan fingerprint density at radius 3 is 1.76 bits per heavy atom. The summed E-state index contributed by atoms with van der Waals surface area (Å²) in [7, 11) is 0. The molecule has 14 aromatic rings. The summed E-state index contributed by atoms with van der Waals surface area (Å²) in [5.74, 6) is 0.878. The highest BCUT2D eigenvalue weighted by Gasteiger charge is 2.45. The molecule has 16 rings (SSSR count). The Hall–Kier alpha value is -8.74. The molecule has 6 heterocycles. The van der Waals surface area contributed by atoms with E-state index in [-0.39, 0.29) is 5.41 Å². The van der Waals surface area contributed by atoms with Crippen LogP contribution in [0.2, 0.25) is 0 Å². The van der Waals surface area contributed by atoms with Crippen molar-refractivity contribution in [1.82, 2.24) is 19.1 Å². The monoisotopic (exact) mass is 898 g/mol. The fourth-order valence-electron chi connectivity index (χ4n) is 13.5. The second kappa shape index (κ2) is 13.3. The summed E-state index contributed by atoms with van der Waals surface area (Å²) in [5.41, 5.74) is 20.0. The van der Waals surface area contributed by atoms with Gasteiger partial charge in [0.1, 0.15) is 28.1 Å². The van der Waals surface area contributed by atoms with Gasteiger partial charge < -0.3 is 13.4 Å². The maximum atomic E-state index is 7.13. The summed E-state index contributed by atoms with van der Waals surface area (Å²) in [5, 5.41) is 9.21. The van der Waals surface area contributed by atoms with Gasteiger partial charge >= 0.3 is 0 Å². The summed E-state index contributed by atoms with van der Waals surface area (Å²) in [6.07, 6.45) is 6.45. The van der Waals surface area contributed by atoms with E-state index in [0.29, 0.717) is 0 Å². The normalized spacial score (nSPS) is 15.9. The van der Waals surface area contributed by atoms with E-state index in [4.69, 9.17) is 13.8 Å². The van der Waals surface area contributed by atoms with Gasteiger partial charge in [-0.15, -0.1) is 0 Å². The maximum Gasteiger partial charge on any atom is 0.145 e. The molecular formula is C64H42N4O2. The van der Waals surface area contributed by atoms with Crippen molar-refractivity contribution in [3.8, 4) is 33.8 Å². The average molecular weight is 899 g/mol. The Morgan fingerprint density at radius 2 is 1.04 bits per heavy atom. The first-order valence-corrected chi connectivity index (χ1v) is 24.3. The van der Waals surface area contributed by atoms with Crippen LogP contribution in [-0.2, 0) is 17.3 Å². The molecule has 0 fully saturated rings. The van der Waals surface area contributed by atoms with Gasteiger partial charge in [-0.05, 0) is 93.9 Å². The molecule has 8 aromatic carbocycles. The summed E-state index contributed by atoms with van der Waals surface area (Å²) in [6, 6.07) is 61.6. The van der Waals surface area contributed by atoms with Gasteiger partial charge in [-0.2, -0.15) is 0 Å². The molecule has 1 atom stereocenters. The second-order valence-corrected chi connectivity index (χ2v) is 20.2. The number of hydrogen-bond donors (Lipinski definition) is 0. The highest BCUT2D eigenvalue weighted by atomic mass is 16.3. The summed E-state index contributed by atoms with van der Waals surface area (Å²) >= 11 is 0. The fraction of sp³-hybridized carbons (Fsp3) is 0.0938. The van der Waals surface area contributed by atoms with E-state index in [1.54, 1.807) is 0 Å². The van der Waals surface area contributed by atoms with E-state index in [1.807, 2.05) is 24.7 Å². The first-order valence-electron chi connectivity index (χ1n) is 24.3. The van der Waals surface area contributed by atoms with Gasteiger partial charge in [0.05, 0.1) is 32.8 Å². The number of aromatic nitrogens is 4. The van der Waals surface area contributed by atoms with Crippen LogP contribution in [-0.4, -0.2) is 19.1 Å². The van der Waals surface area contributed by atoms with Gasteiger partial charge in [0.2, 0.25) is 0 Å². The average Bonchev–Trinajstić information content (AvgIpc) is 4.23. The van der Waals surface area contributed by atoms with Crippen LogP contribution in [0.25, 0.3) is 121 Å². The van der Waals surface area contributed by atoms with Crippen LogP contribution >= 0.6 is 0 Å².